The Morgan fingerprint density at radius 2 is 2.05 bits per heavy atom. The fourth-order valence-corrected chi connectivity index (χ4v) is 1.81. The number of anilines is 1. The first-order valence-corrected chi connectivity index (χ1v) is 7.00. The van der Waals surface area contributed by atoms with Gasteiger partial charge in [-0.2, -0.15) is 4.98 Å². The fourth-order valence-electron chi connectivity index (χ4n) is 1.81. The van der Waals surface area contributed by atoms with Gasteiger partial charge in [-0.05, 0) is 33.6 Å². The van der Waals surface area contributed by atoms with Crippen LogP contribution in [0.15, 0.2) is 0 Å². The second-order valence-corrected chi connectivity index (χ2v) is 5.84. The summed E-state index contributed by atoms with van der Waals surface area (Å²) in [6, 6.07) is 0. The molecule has 0 spiro atoms. The third kappa shape index (κ3) is 3.58. The van der Waals surface area contributed by atoms with Crippen molar-refractivity contribution in [3.8, 4) is 5.88 Å². The average molecular weight is 280 g/mol. The van der Waals surface area contributed by atoms with Gasteiger partial charge in [-0.15, -0.1) is 0 Å². The molecule has 1 fully saturated rings. The van der Waals surface area contributed by atoms with E-state index in [2.05, 4.69) is 15.4 Å². The molecule has 3 N–H and O–H groups in total. The Bertz CT molecular complexity index is 472. The highest BCUT2D eigenvalue weighted by Gasteiger charge is 2.28. The maximum absolute atomic E-state index is 5.81. The molecule has 1 aliphatic rings. The molecule has 1 aliphatic carbocycles. The first-order valence-electron chi connectivity index (χ1n) is 7.00. The van der Waals surface area contributed by atoms with Crippen molar-refractivity contribution < 1.29 is 9.47 Å². The largest absolute Gasteiger partial charge is 0.477 e. The number of aromatic nitrogens is 2. The number of ether oxygens (including phenoxy) is 2. The van der Waals surface area contributed by atoms with E-state index in [0.29, 0.717) is 24.2 Å². The maximum atomic E-state index is 5.81. The Morgan fingerprint density at radius 3 is 2.60 bits per heavy atom. The molecule has 1 aromatic rings. The zero-order valence-corrected chi connectivity index (χ0v) is 12.7. The molecule has 0 saturated heterocycles. The Labute approximate surface area is 120 Å². The van der Waals surface area contributed by atoms with E-state index in [1.54, 1.807) is 7.11 Å². The topological polar surface area (TPSA) is 82.3 Å². The molecular formula is C14H24N4O2. The smallest absolute Gasteiger partial charge is 0.221 e. The van der Waals surface area contributed by atoms with Gasteiger partial charge >= 0.3 is 0 Å². The molecule has 6 heteroatoms. The van der Waals surface area contributed by atoms with E-state index >= 15 is 0 Å². The Kier molecular flexibility index (Phi) is 4.45. The summed E-state index contributed by atoms with van der Waals surface area (Å²) in [7, 11) is 1.71. The highest BCUT2D eigenvalue weighted by Crippen LogP contribution is 2.39. The van der Waals surface area contributed by atoms with Crippen LogP contribution in [0.4, 0.5) is 5.82 Å². The second kappa shape index (κ2) is 5.93. The van der Waals surface area contributed by atoms with Crippen LogP contribution in [0, 0.1) is 6.92 Å². The van der Waals surface area contributed by atoms with E-state index in [4.69, 9.17) is 15.3 Å². The first-order chi connectivity index (χ1) is 9.46. The van der Waals surface area contributed by atoms with Crippen molar-refractivity contribution >= 4 is 5.82 Å². The van der Waals surface area contributed by atoms with E-state index in [0.717, 1.165) is 30.7 Å². The summed E-state index contributed by atoms with van der Waals surface area (Å²) in [5, 5.41) is 0. The van der Waals surface area contributed by atoms with E-state index in [1.165, 1.54) is 0 Å². The molecule has 0 amide bonds. The predicted octanol–water partition coefficient (Wildman–Crippen LogP) is 2.14. The summed E-state index contributed by atoms with van der Waals surface area (Å²) < 4.78 is 11.2. The zero-order valence-electron chi connectivity index (χ0n) is 12.7. The van der Waals surface area contributed by atoms with Crippen molar-refractivity contribution in [2.75, 3.05) is 19.1 Å². The average Bonchev–Trinajstić information content (AvgIpc) is 3.25. The van der Waals surface area contributed by atoms with Crippen LogP contribution in [0.3, 0.4) is 0 Å². The standard InChI is InChI=1S/C14H24N4O2/c1-9-11(18-15)16-12(10-5-6-10)17-13(9)20-8-7-14(2,3)19-4/h10H,5-8,15H2,1-4H3,(H,16,17,18). The molecule has 2 rings (SSSR count). The van der Waals surface area contributed by atoms with Gasteiger partial charge < -0.3 is 14.9 Å². The molecule has 1 saturated carbocycles. The summed E-state index contributed by atoms with van der Waals surface area (Å²) in [6.45, 7) is 6.52. The van der Waals surface area contributed by atoms with Crippen LogP contribution < -0.4 is 16.0 Å². The molecule has 0 unspecified atom stereocenters. The summed E-state index contributed by atoms with van der Waals surface area (Å²) in [4.78, 5) is 8.95. The molecule has 0 aromatic carbocycles. The van der Waals surface area contributed by atoms with Gasteiger partial charge in [0, 0.05) is 19.4 Å². The fraction of sp³-hybridized carbons (Fsp3) is 0.714. The molecule has 1 heterocycles. The number of nitrogen functional groups attached to an aromatic ring is 1. The lowest BCUT2D eigenvalue weighted by Gasteiger charge is -2.22. The molecule has 20 heavy (non-hydrogen) atoms. The van der Waals surface area contributed by atoms with Gasteiger partial charge in [0.15, 0.2) is 0 Å². The number of hydrogen-bond donors (Lipinski definition) is 2. The number of methoxy groups -OCH3 is 1. The van der Waals surface area contributed by atoms with Crippen LogP contribution in [0.25, 0.3) is 0 Å². The van der Waals surface area contributed by atoms with Gasteiger partial charge in [0.25, 0.3) is 0 Å². The summed E-state index contributed by atoms with van der Waals surface area (Å²) >= 11 is 0. The molecule has 0 radical (unpaired) electrons. The molecule has 1 aromatic heterocycles. The number of rotatable bonds is 7. The lowest BCUT2D eigenvalue weighted by atomic mass is 10.1. The first kappa shape index (κ1) is 15.0. The highest BCUT2D eigenvalue weighted by molar-refractivity contribution is 5.48. The third-order valence-electron chi connectivity index (χ3n) is 3.69. The lowest BCUT2D eigenvalue weighted by Crippen LogP contribution is -2.25. The van der Waals surface area contributed by atoms with Crippen molar-refractivity contribution in [1.29, 1.82) is 0 Å². The van der Waals surface area contributed by atoms with Crippen LogP contribution in [-0.2, 0) is 4.74 Å². The quantitative estimate of drug-likeness (QED) is 0.588. The predicted molar refractivity (Wildman–Crippen MR) is 77.8 cm³/mol. The van der Waals surface area contributed by atoms with Crippen molar-refractivity contribution in [3.63, 3.8) is 0 Å². The van der Waals surface area contributed by atoms with Gasteiger partial charge in [-0.1, -0.05) is 0 Å². The SMILES string of the molecule is COC(C)(C)CCOc1nc(C2CC2)nc(NN)c1C. The summed E-state index contributed by atoms with van der Waals surface area (Å²) in [5.41, 5.74) is 3.26. The molecule has 6 nitrogen and oxygen atoms in total. The van der Waals surface area contributed by atoms with Crippen LogP contribution in [0.2, 0.25) is 0 Å². The van der Waals surface area contributed by atoms with E-state index in [-0.39, 0.29) is 5.60 Å². The summed E-state index contributed by atoms with van der Waals surface area (Å²) in [6.07, 6.45) is 3.07. The van der Waals surface area contributed by atoms with Crippen molar-refractivity contribution in [3.05, 3.63) is 11.4 Å². The van der Waals surface area contributed by atoms with E-state index in [9.17, 15) is 0 Å². The normalized spacial score (nSPS) is 15.2. The van der Waals surface area contributed by atoms with E-state index in [1.807, 2.05) is 20.8 Å². The Balaban J connectivity index is 2.08. The number of nitrogens with two attached hydrogens (primary N) is 1. The maximum Gasteiger partial charge on any atom is 0.221 e. The van der Waals surface area contributed by atoms with Crippen LogP contribution in [-0.4, -0.2) is 29.3 Å². The van der Waals surface area contributed by atoms with E-state index < -0.39 is 0 Å². The summed E-state index contributed by atoms with van der Waals surface area (Å²) in [5.74, 6) is 8.05. The zero-order chi connectivity index (χ0) is 14.8. The molecule has 0 aliphatic heterocycles. The number of hydrazine groups is 1. The van der Waals surface area contributed by atoms with Gasteiger partial charge in [-0.25, -0.2) is 10.8 Å². The van der Waals surface area contributed by atoms with Crippen molar-refractivity contribution in [2.24, 2.45) is 5.84 Å². The molecule has 0 bridgehead atoms. The van der Waals surface area contributed by atoms with Gasteiger partial charge in [-0.3, -0.25) is 0 Å². The minimum absolute atomic E-state index is 0.199. The van der Waals surface area contributed by atoms with Crippen LogP contribution in [0.5, 0.6) is 5.88 Å². The third-order valence-corrected chi connectivity index (χ3v) is 3.69. The number of hydrogen-bond acceptors (Lipinski definition) is 6. The minimum Gasteiger partial charge on any atom is -0.477 e. The second-order valence-electron chi connectivity index (χ2n) is 5.84. The number of nitrogens with one attached hydrogen (secondary N) is 1. The molecule has 0 atom stereocenters. The van der Waals surface area contributed by atoms with Crippen LogP contribution >= 0.6 is 0 Å². The minimum atomic E-state index is -0.199. The van der Waals surface area contributed by atoms with Gasteiger partial charge in [0.2, 0.25) is 5.88 Å². The highest BCUT2D eigenvalue weighted by atomic mass is 16.5. The van der Waals surface area contributed by atoms with Gasteiger partial charge in [0.05, 0.1) is 17.8 Å². The van der Waals surface area contributed by atoms with Crippen molar-refractivity contribution in [2.45, 2.75) is 51.6 Å². The molecular weight excluding hydrogens is 256 g/mol. The monoisotopic (exact) mass is 280 g/mol. The van der Waals surface area contributed by atoms with Gasteiger partial charge in [0.1, 0.15) is 11.6 Å². The van der Waals surface area contributed by atoms with Crippen molar-refractivity contribution in [1.82, 2.24) is 9.97 Å². The number of nitrogens with zero attached hydrogens (tertiary/aromatic N) is 2. The lowest BCUT2D eigenvalue weighted by molar-refractivity contribution is 0.00500. The Morgan fingerprint density at radius 1 is 1.35 bits per heavy atom. The molecule has 112 valence electrons. The van der Waals surface area contributed by atoms with Crippen LogP contribution in [0.1, 0.15) is 50.4 Å². The Hall–Kier alpha value is -1.40.